The summed E-state index contributed by atoms with van der Waals surface area (Å²) in [5.74, 6) is -0.467. The molecule has 0 aromatic heterocycles. The zero-order valence-electron chi connectivity index (χ0n) is 14.3. The molecule has 134 valence electrons. The van der Waals surface area contributed by atoms with Gasteiger partial charge >= 0.3 is 6.03 Å². The average molecular weight is 353 g/mol. The van der Waals surface area contributed by atoms with Crippen LogP contribution in [-0.4, -0.2) is 42.1 Å². The predicted molar refractivity (Wildman–Crippen MR) is 95.8 cm³/mol. The van der Waals surface area contributed by atoms with E-state index < -0.39 is 11.9 Å². The van der Waals surface area contributed by atoms with E-state index >= 15 is 0 Å². The highest BCUT2D eigenvalue weighted by atomic mass is 16.5. The molecule has 1 aromatic carbocycles. The van der Waals surface area contributed by atoms with E-state index in [1.54, 1.807) is 31.4 Å². The fraction of sp³-hybridized carbons (Fsp3) is 0.263. The molecule has 4 amide bonds. The van der Waals surface area contributed by atoms with Crippen molar-refractivity contribution in [3.8, 4) is 5.75 Å². The molecular weight excluding hydrogens is 334 g/mol. The number of rotatable bonds is 6. The van der Waals surface area contributed by atoms with Crippen LogP contribution in [0, 0.1) is 5.92 Å². The van der Waals surface area contributed by atoms with Gasteiger partial charge in [0, 0.05) is 25.1 Å². The number of aliphatic imine (C=N–C) groups is 1. The molecule has 0 spiro atoms. The molecule has 0 saturated heterocycles. The Balaban J connectivity index is 1.55. The number of hydrogen-bond acceptors (Lipinski definition) is 4. The maximum Gasteiger partial charge on any atom is 0.350 e. The summed E-state index contributed by atoms with van der Waals surface area (Å²) < 4.78 is 5.24. The first-order chi connectivity index (χ1) is 12.6. The van der Waals surface area contributed by atoms with Crippen molar-refractivity contribution in [2.75, 3.05) is 13.7 Å². The summed E-state index contributed by atoms with van der Waals surface area (Å²) in [5, 5.41) is 2.77. The zero-order valence-corrected chi connectivity index (χ0v) is 14.3. The molecule has 0 fully saturated rings. The zero-order chi connectivity index (χ0) is 18.5. The molecule has 1 aromatic rings. The number of nitrogens with zero attached hydrogens (tertiary/aromatic N) is 2. The number of amides is 4. The Morgan fingerprint density at radius 3 is 2.88 bits per heavy atom. The predicted octanol–water partition coefficient (Wildman–Crippen LogP) is 1.85. The Morgan fingerprint density at radius 2 is 2.08 bits per heavy atom. The number of hydrogen-bond donors (Lipinski definition) is 1. The van der Waals surface area contributed by atoms with Crippen LogP contribution in [0.2, 0.25) is 0 Å². The van der Waals surface area contributed by atoms with Gasteiger partial charge < -0.3 is 10.1 Å². The third-order valence-corrected chi connectivity index (χ3v) is 4.22. The number of imide groups is 1. The number of carbonyl (C=O) groups is 3. The van der Waals surface area contributed by atoms with Crippen LogP contribution in [0.4, 0.5) is 4.79 Å². The van der Waals surface area contributed by atoms with E-state index in [-0.39, 0.29) is 24.8 Å². The van der Waals surface area contributed by atoms with Crippen molar-refractivity contribution in [3.05, 3.63) is 54.1 Å². The maximum atomic E-state index is 12.4. The van der Waals surface area contributed by atoms with Crippen molar-refractivity contribution in [1.82, 2.24) is 10.2 Å². The minimum absolute atomic E-state index is 0.000257. The van der Waals surface area contributed by atoms with Gasteiger partial charge in [-0.05, 0) is 12.1 Å². The van der Waals surface area contributed by atoms with Gasteiger partial charge in [0.25, 0.3) is 0 Å². The van der Waals surface area contributed by atoms with Crippen molar-refractivity contribution < 1.29 is 19.1 Å². The largest absolute Gasteiger partial charge is 0.496 e. The molecule has 1 unspecified atom stereocenters. The highest BCUT2D eigenvalue weighted by Crippen LogP contribution is 2.20. The fourth-order valence-corrected chi connectivity index (χ4v) is 2.83. The first-order valence-corrected chi connectivity index (χ1v) is 8.27. The van der Waals surface area contributed by atoms with Crippen molar-refractivity contribution in [2.24, 2.45) is 10.9 Å². The van der Waals surface area contributed by atoms with Gasteiger partial charge in [-0.25, -0.2) is 4.79 Å². The average Bonchev–Trinajstić information content (AvgIpc) is 2.66. The summed E-state index contributed by atoms with van der Waals surface area (Å²) in [6, 6.07) is 6.75. The van der Waals surface area contributed by atoms with Crippen LogP contribution in [0.15, 0.2) is 53.6 Å². The van der Waals surface area contributed by atoms with Crippen LogP contribution in [0.1, 0.15) is 12.0 Å². The van der Waals surface area contributed by atoms with Gasteiger partial charge in [-0.15, -0.1) is 0 Å². The van der Waals surface area contributed by atoms with E-state index in [9.17, 15) is 14.4 Å². The minimum atomic E-state index is -0.626. The van der Waals surface area contributed by atoms with Gasteiger partial charge in [-0.3, -0.25) is 14.5 Å². The standard InChI is InChI=1S/C19H19N3O4/c1-26-16-9-5-2-6-13(16)12-20-17(23)10-11-22-18(24)14-7-3-4-8-15(14)21-19(22)25/h2-9,14H,10-12H2,1H3,(H,20,23). The number of fused-ring (bicyclic) bond motifs is 1. The van der Waals surface area contributed by atoms with E-state index in [2.05, 4.69) is 10.3 Å². The first-order valence-electron chi connectivity index (χ1n) is 8.27. The molecule has 2 aliphatic rings. The molecule has 3 rings (SSSR count). The molecule has 1 aliphatic heterocycles. The summed E-state index contributed by atoms with van der Waals surface area (Å²) >= 11 is 0. The monoisotopic (exact) mass is 353 g/mol. The lowest BCUT2D eigenvalue weighted by molar-refractivity contribution is -0.130. The maximum absolute atomic E-state index is 12.4. The smallest absolute Gasteiger partial charge is 0.350 e. The molecule has 0 saturated carbocycles. The number of para-hydroxylation sites is 1. The second kappa shape index (κ2) is 7.77. The minimum Gasteiger partial charge on any atom is -0.496 e. The van der Waals surface area contributed by atoms with Gasteiger partial charge in [0.2, 0.25) is 11.8 Å². The Bertz CT molecular complexity index is 826. The Kier molecular flexibility index (Phi) is 5.26. The normalized spacial score (nSPS) is 18.4. The lowest BCUT2D eigenvalue weighted by Crippen LogP contribution is -2.47. The van der Waals surface area contributed by atoms with Gasteiger partial charge in [0.05, 0.1) is 18.7 Å². The van der Waals surface area contributed by atoms with Gasteiger partial charge in [-0.2, -0.15) is 4.99 Å². The number of nitrogens with one attached hydrogen (secondary N) is 1. The summed E-state index contributed by atoms with van der Waals surface area (Å²) in [7, 11) is 1.57. The van der Waals surface area contributed by atoms with Crippen LogP contribution in [0.3, 0.4) is 0 Å². The first kappa shape index (κ1) is 17.6. The Labute approximate surface area is 151 Å². The number of urea groups is 1. The third-order valence-electron chi connectivity index (χ3n) is 4.22. The Morgan fingerprint density at radius 1 is 1.27 bits per heavy atom. The van der Waals surface area contributed by atoms with Gasteiger partial charge in [-0.1, -0.05) is 36.4 Å². The molecule has 1 aliphatic carbocycles. The van der Waals surface area contributed by atoms with Gasteiger partial charge in [0.1, 0.15) is 5.75 Å². The van der Waals surface area contributed by atoms with E-state index in [0.29, 0.717) is 18.0 Å². The number of allylic oxidation sites excluding steroid dienone is 3. The summed E-state index contributed by atoms with van der Waals surface area (Å²) in [6.07, 6.45) is 6.84. The van der Waals surface area contributed by atoms with Crippen molar-refractivity contribution in [1.29, 1.82) is 0 Å². The second-order valence-electron chi connectivity index (χ2n) is 5.87. The topological polar surface area (TPSA) is 88.1 Å². The molecule has 1 N–H and O–H groups in total. The quantitative estimate of drug-likeness (QED) is 0.845. The molecule has 26 heavy (non-hydrogen) atoms. The van der Waals surface area contributed by atoms with Crippen molar-refractivity contribution in [3.63, 3.8) is 0 Å². The lowest BCUT2D eigenvalue weighted by Gasteiger charge is -2.28. The third kappa shape index (κ3) is 3.72. The van der Waals surface area contributed by atoms with E-state index in [4.69, 9.17) is 4.74 Å². The van der Waals surface area contributed by atoms with Crippen LogP contribution < -0.4 is 10.1 Å². The molecule has 7 heteroatoms. The molecule has 1 heterocycles. The van der Waals surface area contributed by atoms with Crippen LogP contribution in [0.25, 0.3) is 0 Å². The van der Waals surface area contributed by atoms with Crippen molar-refractivity contribution >= 4 is 23.6 Å². The summed E-state index contributed by atoms with van der Waals surface area (Å²) in [5.41, 5.74) is 1.29. The van der Waals surface area contributed by atoms with Crippen LogP contribution >= 0.6 is 0 Å². The molecule has 0 radical (unpaired) electrons. The molecular formula is C19H19N3O4. The second-order valence-corrected chi connectivity index (χ2v) is 5.87. The van der Waals surface area contributed by atoms with Crippen LogP contribution in [-0.2, 0) is 16.1 Å². The number of carbonyl (C=O) groups excluding carboxylic acids is 3. The highest BCUT2D eigenvalue weighted by Gasteiger charge is 2.35. The molecule has 7 nitrogen and oxygen atoms in total. The molecule has 0 bridgehead atoms. The summed E-state index contributed by atoms with van der Waals surface area (Å²) in [6.45, 7) is 0.309. The van der Waals surface area contributed by atoms with Crippen LogP contribution in [0.5, 0.6) is 5.75 Å². The summed E-state index contributed by atoms with van der Waals surface area (Å²) in [4.78, 5) is 41.5. The lowest BCUT2D eigenvalue weighted by atomic mass is 9.95. The Hall–Kier alpha value is -3.22. The number of benzene rings is 1. The van der Waals surface area contributed by atoms with E-state index in [1.807, 2.05) is 24.3 Å². The van der Waals surface area contributed by atoms with Gasteiger partial charge in [0.15, 0.2) is 0 Å². The van der Waals surface area contributed by atoms with E-state index in [1.165, 1.54) is 0 Å². The van der Waals surface area contributed by atoms with Crippen molar-refractivity contribution in [2.45, 2.75) is 13.0 Å². The van der Waals surface area contributed by atoms with E-state index in [0.717, 1.165) is 10.5 Å². The SMILES string of the molecule is COc1ccccc1CNC(=O)CCN1C(=O)N=C2C=CC=CC2C1=O. The number of methoxy groups -OCH3 is 1. The fourth-order valence-electron chi connectivity index (χ4n) is 2.83. The molecule has 1 atom stereocenters. The number of ether oxygens (including phenoxy) is 1. The highest BCUT2D eigenvalue weighted by molar-refractivity contribution is 6.21.